The SMILES string of the molecule is CC(C)(O)CC1=CC=NCCN1. The molecule has 3 nitrogen and oxygen atoms in total. The molecule has 0 spiro atoms. The van der Waals surface area contributed by atoms with Crippen molar-refractivity contribution in [3.8, 4) is 0 Å². The Balaban J connectivity index is 2.51. The van der Waals surface area contributed by atoms with Crippen LogP contribution in [0, 0.1) is 0 Å². The molecule has 1 aliphatic heterocycles. The molecule has 0 amide bonds. The maximum absolute atomic E-state index is 9.54. The van der Waals surface area contributed by atoms with Crippen LogP contribution in [0.1, 0.15) is 20.3 Å². The maximum Gasteiger partial charge on any atom is 0.0646 e. The predicted molar refractivity (Wildman–Crippen MR) is 50.4 cm³/mol. The average Bonchev–Trinajstić information content (AvgIpc) is 2.12. The van der Waals surface area contributed by atoms with Crippen LogP contribution in [0.5, 0.6) is 0 Å². The Labute approximate surface area is 73.2 Å². The molecule has 0 radical (unpaired) electrons. The van der Waals surface area contributed by atoms with Gasteiger partial charge >= 0.3 is 0 Å². The Kier molecular flexibility index (Phi) is 2.87. The van der Waals surface area contributed by atoms with Gasteiger partial charge in [-0.15, -0.1) is 0 Å². The fraction of sp³-hybridized carbons (Fsp3) is 0.667. The summed E-state index contributed by atoms with van der Waals surface area (Å²) in [6.45, 7) is 5.28. The largest absolute Gasteiger partial charge is 0.390 e. The lowest BCUT2D eigenvalue weighted by Crippen LogP contribution is -2.25. The molecule has 0 aromatic rings. The van der Waals surface area contributed by atoms with Crippen LogP contribution in [0.3, 0.4) is 0 Å². The summed E-state index contributed by atoms with van der Waals surface area (Å²) in [6.07, 6.45) is 4.37. The quantitative estimate of drug-likeness (QED) is 0.637. The molecule has 0 aromatic carbocycles. The molecule has 0 unspecified atom stereocenters. The van der Waals surface area contributed by atoms with Gasteiger partial charge in [-0.2, -0.15) is 0 Å². The van der Waals surface area contributed by atoms with Gasteiger partial charge < -0.3 is 10.4 Å². The van der Waals surface area contributed by atoms with Crippen molar-refractivity contribution < 1.29 is 5.11 Å². The normalized spacial score (nSPS) is 18.1. The molecule has 12 heavy (non-hydrogen) atoms. The van der Waals surface area contributed by atoms with E-state index in [2.05, 4.69) is 10.3 Å². The minimum absolute atomic E-state index is 0.642. The van der Waals surface area contributed by atoms with Gasteiger partial charge in [-0.1, -0.05) is 0 Å². The highest BCUT2D eigenvalue weighted by Gasteiger charge is 2.14. The summed E-state index contributed by atoms with van der Waals surface area (Å²) in [5, 5.41) is 12.8. The Morgan fingerprint density at radius 3 is 3.08 bits per heavy atom. The molecule has 1 aliphatic rings. The predicted octanol–water partition coefficient (Wildman–Crippen LogP) is 0.705. The molecule has 1 rings (SSSR count). The second kappa shape index (κ2) is 3.72. The summed E-state index contributed by atoms with van der Waals surface area (Å²) in [5.74, 6) is 0. The van der Waals surface area contributed by atoms with E-state index in [1.54, 1.807) is 20.1 Å². The Morgan fingerprint density at radius 2 is 2.42 bits per heavy atom. The number of hydrogen-bond donors (Lipinski definition) is 2. The summed E-state index contributed by atoms with van der Waals surface area (Å²) in [4.78, 5) is 4.11. The van der Waals surface area contributed by atoms with Crippen LogP contribution in [-0.2, 0) is 0 Å². The monoisotopic (exact) mass is 168 g/mol. The van der Waals surface area contributed by atoms with E-state index in [-0.39, 0.29) is 0 Å². The Morgan fingerprint density at radius 1 is 1.67 bits per heavy atom. The van der Waals surface area contributed by atoms with Gasteiger partial charge in [0.1, 0.15) is 0 Å². The minimum Gasteiger partial charge on any atom is -0.390 e. The zero-order chi connectivity index (χ0) is 9.03. The third-order valence-corrected chi connectivity index (χ3v) is 1.60. The van der Waals surface area contributed by atoms with E-state index in [1.165, 1.54) is 0 Å². The number of nitrogens with one attached hydrogen (secondary N) is 1. The van der Waals surface area contributed by atoms with Crippen molar-refractivity contribution in [3.63, 3.8) is 0 Å². The Bertz CT molecular complexity index is 201. The lowest BCUT2D eigenvalue weighted by Gasteiger charge is -2.19. The molecule has 0 saturated heterocycles. The van der Waals surface area contributed by atoms with Crippen LogP contribution < -0.4 is 5.32 Å². The molecule has 3 heteroatoms. The Hall–Kier alpha value is -0.830. The van der Waals surface area contributed by atoms with E-state index in [0.717, 1.165) is 18.8 Å². The smallest absolute Gasteiger partial charge is 0.0646 e. The minimum atomic E-state index is -0.642. The van der Waals surface area contributed by atoms with Crippen molar-refractivity contribution in [3.05, 3.63) is 11.8 Å². The lowest BCUT2D eigenvalue weighted by molar-refractivity contribution is 0.0793. The fourth-order valence-electron chi connectivity index (χ4n) is 1.14. The fourth-order valence-corrected chi connectivity index (χ4v) is 1.14. The molecule has 0 atom stereocenters. The van der Waals surface area contributed by atoms with E-state index in [4.69, 9.17) is 0 Å². The maximum atomic E-state index is 9.54. The van der Waals surface area contributed by atoms with Gasteiger partial charge in [0.2, 0.25) is 0 Å². The van der Waals surface area contributed by atoms with Crippen molar-refractivity contribution in [1.29, 1.82) is 0 Å². The first-order valence-corrected chi connectivity index (χ1v) is 4.23. The highest BCUT2D eigenvalue weighted by Crippen LogP contribution is 2.13. The van der Waals surface area contributed by atoms with Gasteiger partial charge in [0, 0.05) is 24.9 Å². The van der Waals surface area contributed by atoms with Gasteiger partial charge in [0.25, 0.3) is 0 Å². The number of aliphatic hydroxyl groups is 1. The first-order chi connectivity index (χ1) is 5.58. The van der Waals surface area contributed by atoms with Crippen molar-refractivity contribution in [2.45, 2.75) is 25.9 Å². The van der Waals surface area contributed by atoms with Gasteiger partial charge in [0.15, 0.2) is 0 Å². The van der Waals surface area contributed by atoms with Crippen molar-refractivity contribution in [2.75, 3.05) is 13.1 Å². The second-order valence-electron chi connectivity index (χ2n) is 3.66. The van der Waals surface area contributed by atoms with E-state index >= 15 is 0 Å². The molecule has 0 aliphatic carbocycles. The number of allylic oxidation sites excluding steroid dienone is 1. The number of aliphatic imine (C=N–C) groups is 1. The number of hydrogen-bond acceptors (Lipinski definition) is 3. The van der Waals surface area contributed by atoms with Crippen LogP contribution >= 0.6 is 0 Å². The van der Waals surface area contributed by atoms with Crippen molar-refractivity contribution in [1.82, 2.24) is 5.32 Å². The van der Waals surface area contributed by atoms with Gasteiger partial charge in [0.05, 0.1) is 12.1 Å². The third kappa shape index (κ3) is 3.53. The lowest BCUT2D eigenvalue weighted by atomic mass is 10.0. The summed E-state index contributed by atoms with van der Waals surface area (Å²) in [6, 6.07) is 0. The molecule has 1 heterocycles. The second-order valence-corrected chi connectivity index (χ2v) is 3.66. The summed E-state index contributed by atoms with van der Waals surface area (Å²) in [7, 11) is 0. The van der Waals surface area contributed by atoms with Crippen LogP contribution in [-0.4, -0.2) is 30.0 Å². The topological polar surface area (TPSA) is 44.6 Å². The van der Waals surface area contributed by atoms with Crippen LogP contribution in [0.25, 0.3) is 0 Å². The molecule has 0 bridgehead atoms. The standard InChI is InChI=1S/C9H16N2O/c1-9(2,12)7-8-3-4-10-5-6-11-8/h3-4,11-12H,5-7H2,1-2H3. The van der Waals surface area contributed by atoms with Gasteiger partial charge in [-0.05, 0) is 19.9 Å². The third-order valence-electron chi connectivity index (χ3n) is 1.60. The van der Waals surface area contributed by atoms with E-state index in [0.29, 0.717) is 6.42 Å². The zero-order valence-electron chi connectivity index (χ0n) is 7.67. The summed E-state index contributed by atoms with van der Waals surface area (Å²) >= 11 is 0. The van der Waals surface area contributed by atoms with Crippen LogP contribution in [0.4, 0.5) is 0 Å². The van der Waals surface area contributed by atoms with Crippen LogP contribution in [0.2, 0.25) is 0 Å². The average molecular weight is 168 g/mol. The van der Waals surface area contributed by atoms with Crippen LogP contribution in [0.15, 0.2) is 16.8 Å². The van der Waals surface area contributed by atoms with Crippen molar-refractivity contribution >= 4 is 6.21 Å². The highest BCUT2D eigenvalue weighted by atomic mass is 16.3. The molecule has 0 saturated carbocycles. The molecule has 2 N–H and O–H groups in total. The highest BCUT2D eigenvalue weighted by molar-refractivity contribution is 5.72. The first-order valence-electron chi connectivity index (χ1n) is 4.23. The zero-order valence-corrected chi connectivity index (χ0v) is 7.67. The number of rotatable bonds is 2. The molecule has 0 aromatic heterocycles. The van der Waals surface area contributed by atoms with Gasteiger partial charge in [-0.25, -0.2) is 0 Å². The molecular weight excluding hydrogens is 152 g/mol. The summed E-state index contributed by atoms with van der Waals surface area (Å²) in [5.41, 5.74) is 0.417. The number of nitrogens with zero attached hydrogens (tertiary/aromatic N) is 1. The molecule has 0 fully saturated rings. The summed E-state index contributed by atoms with van der Waals surface area (Å²) < 4.78 is 0. The molecule has 68 valence electrons. The van der Waals surface area contributed by atoms with Gasteiger partial charge in [-0.3, -0.25) is 4.99 Å². The van der Waals surface area contributed by atoms with E-state index < -0.39 is 5.60 Å². The molecular formula is C9H16N2O. The van der Waals surface area contributed by atoms with E-state index in [1.807, 2.05) is 6.08 Å². The van der Waals surface area contributed by atoms with E-state index in [9.17, 15) is 5.11 Å². The first kappa shape index (κ1) is 9.26. The van der Waals surface area contributed by atoms with Crippen molar-refractivity contribution in [2.24, 2.45) is 4.99 Å².